The molecule has 1 aromatic heterocycles. The largest absolute Gasteiger partial charge is 0.464 e. The number of esters is 1. The lowest BCUT2D eigenvalue weighted by molar-refractivity contribution is -0.145. The van der Waals surface area contributed by atoms with Crippen molar-refractivity contribution in [2.45, 2.75) is 51.6 Å². The number of hydrogen-bond donors (Lipinski definition) is 2. The fraction of sp³-hybridized carbons (Fsp3) is 0.423. The molecule has 2 N–H and O–H groups in total. The van der Waals surface area contributed by atoms with E-state index in [2.05, 4.69) is 22.4 Å². The van der Waals surface area contributed by atoms with E-state index in [1.807, 2.05) is 12.1 Å². The summed E-state index contributed by atoms with van der Waals surface area (Å²) in [5.41, 5.74) is 2.08. The number of ether oxygens (including phenoxy) is 2. The highest BCUT2D eigenvalue weighted by Crippen LogP contribution is 2.32. The number of nitrogens with zero attached hydrogens (tertiary/aromatic N) is 2. The van der Waals surface area contributed by atoms with Crippen LogP contribution in [0.25, 0.3) is 0 Å². The maximum Gasteiger partial charge on any atom is 0.408 e. The first-order chi connectivity index (χ1) is 17.8. The van der Waals surface area contributed by atoms with E-state index in [0.29, 0.717) is 23.7 Å². The summed E-state index contributed by atoms with van der Waals surface area (Å²) in [7, 11) is 0. The summed E-state index contributed by atoms with van der Waals surface area (Å²) in [4.78, 5) is 50.4. The molecule has 2 heterocycles. The van der Waals surface area contributed by atoms with Crippen LogP contribution in [0.1, 0.15) is 49.7 Å². The molecule has 1 aromatic carbocycles. The van der Waals surface area contributed by atoms with Crippen LogP contribution in [0.5, 0.6) is 0 Å². The van der Waals surface area contributed by atoms with Crippen molar-refractivity contribution in [3.05, 3.63) is 60.0 Å². The minimum atomic E-state index is -1.03. The molecule has 37 heavy (non-hydrogen) atoms. The molecule has 3 rings (SSSR count). The van der Waals surface area contributed by atoms with Crippen molar-refractivity contribution in [2.24, 2.45) is 0 Å². The molecule has 2 aromatic rings. The van der Waals surface area contributed by atoms with Crippen molar-refractivity contribution in [3.8, 4) is 0 Å². The number of benzene rings is 1. The average Bonchev–Trinajstić information content (AvgIpc) is 3.53. The molecule has 1 fully saturated rings. The first-order valence-electron chi connectivity index (χ1n) is 12.1. The lowest BCUT2D eigenvalue weighted by atomic mass is 10.1. The highest BCUT2D eigenvalue weighted by molar-refractivity contribution is 5.88. The Bertz CT molecular complexity index is 1110. The van der Waals surface area contributed by atoms with Crippen LogP contribution in [0.4, 0.5) is 10.5 Å². The average molecular weight is 513 g/mol. The third-order valence-electron chi connectivity index (χ3n) is 5.72. The van der Waals surface area contributed by atoms with E-state index in [0.717, 1.165) is 18.4 Å². The molecular weight excluding hydrogens is 480 g/mol. The van der Waals surface area contributed by atoms with Crippen molar-refractivity contribution in [1.82, 2.24) is 15.4 Å². The number of amides is 3. The molecule has 2 atom stereocenters. The van der Waals surface area contributed by atoms with Gasteiger partial charge in [-0.1, -0.05) is 29.9 Å². The molecule has 198 valence electrons. The van der Waals surface area contributed by atoms with Crippen LogP contribution in [-0.2, 0) is 36.7 Å². The van der Waals surface area contributed by atoms with Crippen LogP contribution >= 0.6 is 0 Å². The van der Waals surface area contributed by atoms with E-state index >= 15 is 0 Å². The minimum absolute atomic E-state index is 0.00117. The summed E-state index contributed by atoms with van der Waals surface area (Å²) in [6.07, 6.45) is 2.40. The molecule has 1 aliphatic heterocycles. The second-order valence-corrected chi connectivity index (χ2v) is 8.56. The van der Waals surface area contributed by atoms with Crippen LogP contribution in [-0.4, -0.2) is 59.7 Å². The van der Waals surface area contributed by atoms with Gasteiger partial charge in [0.15, 0.2) is 0 Å². The fourth-order valence-corrected chi connectivity index (χ4v) is 4.10. The quantitative estimate of drug-likeness (QED) is 0.346. The molecule has 0 saturated carbocycles. The highest BCUT2D eigenvalue weighted by Gasteiger charge is 2.33. The van der Waals surface area contributed by atoms with Crippen LogP contribution in [0, 0.1) is 0 Å². The van der Waals surface area contributed by atoms with Gasteiger partial charge in [0.25, 0.3) is 0 Å². The maximum atomic E-state index is 13.1. The van der Waals surface area contributed by atoms with Crippen LogP contribution in [0.15, 0.2) is 47.5 Å². The summed E-state index contributed by atoms with van der Waals surface area (Å²) in [5.74, 6) is -0.466. The number of rotatable bonds is 11. The number of carbonyl (C=O) groups is 4. The van der Waals surface area contributed by atoms with E-state index in [1.165, 1.54) is 13.0 Å². The normalized spacial score (nSPS) is 15.5. The Morgan fingerprint density at radius 3 is 2.68 bits per heavy atom. The Morgan fingerprint density at radius 1 is 1.24 bits per heavy atom. The van der Waals surface area contributed by atoms with Gasteiger partial charge in [0.1, 0.15) is 24.1 Å². The van der Waals surface area contributed by atoms with Gasteiger partial charge >= 0.3 is 12.1 Å². The summed E-state index contributed by atoms with van der Waals surface area (Å²) in [6.45, 7) is 7.32. The molecular formula is C26H32N4O7. The predicted octanol–water partition coefficient (Wildman–Crippen LogP) is 2.93. The van der Waals surface area contributed by atoms with E-state index in [-0.39, 0.29) is 43.9 Å². The van der Waals surface area contributed by atoms with Crippen molar-refractivity contribution >= 4 is 29.6 Å². The SMILES string of the molecule is C=CCOC(=O)NC(Cc1cc(C2CCCN2C(=O)Cc2ccc(NC(C)=O)cc2)no1)C(=O)OCC. The second-order valence-electron chi connectivity index (χ2n) is 8.56. The summed E-state index contributed by atoms with van der Waals surface area (Å²) >= 11 is 0. The Labute approximate surface area is 215 Å². The molecule has 2 unspecified atom stereocenters. The lowest BCUT2D eigenvalue weighted by Gasteiger charge is -2.23. The number of alkyl carbamates (subject to hydrolysis) is 1. The zero-order valence-electron chi connectivity index (χ0n) is 21.0. The van der Waals surface area contributed by atoms with Gasteiger partial charge in [0.2, 0.25) is 11.8 Å². The molecule has 0 spiro atoms. The van der Waals surface area contributed by atoms with Gasteiger partial charge in [-0.3, -0.25) is 9.59 Å². The second kappa shape index (κ2) is 13.2. The molecule has 11 nitrogen and oxygen atoms in total. The number of nitrogens with one attached hydrogen (secondary N) is 2. The third kappa shape index (κ3) is 7.92. The van der Waals surface area contributed by atoms with E-state index in [9.17, 15) is 19.2 Å². The van der Waals surface area contributed by atoms with Gasteiger partial charge in [0.05, 0.1) is 19.1 Å². The van der Waals surface area contributed by atoms with Crippen molar-refractivity contribution in [1.29, 1.82) is 0 Å². The van der Waals surface area contributed by atoms with Crippen LogP contribution < -0.4 is 10.6 Å². The summed E-state index contributed by atoms with van der Waals surface area (Å²) in [6, 6.07) is 7.56. The third-order valence-corrected chi connectivity index (χ3v) is 5.72. The van der Waals surface area contributed by atoms with Gasteiger partial charge in [-0.15, -0.1) is 0 Å². The highest BCUT2D eigenvalue weighted by atomic mass is 16.6. The number of aromatic nitrogens is 1. The first kappa shape index (κ1) is 27.4. The summed E-state index contributed by atoms with van der Waals surface area (Å²) in [5, 5.41) is 9.32. The Hall–Kier alpha value is -4.15. The van der Waals surface area contributed by atoms with Gasteiger partial charge in [0, 0.05) is 31.6 Å². The number of anilines is 1. The van der Waals surface area contributed by atoms with Crippen LogP contribution in [0.2, 0.25) is 0 Å². The molecule has 1 saturated heterocycles. The molecule has 0 radical (unpaired) electrons. The topological polar surface area (TPSA) is 140 Å². The maximum absolute atomic E-state index is 13.1. The first-order valence-corrected chi connectivity index (χ1v) is 12.1. The summed E-state index contributed by atoms with van der Waals surface area (Å²) < 4.78 is 15.4. The fourth-order valence-electron chi connectivity index (χ4n) is 4.10. The lowest BCUT2D eigenvalue weighted by Crippen LogP contribution is -2.43. The van der Waals surface area contributed by atoms with Crippen molar-refractivity contribution < 1.29 is 33.2 Å². The monoisotopic (exact) mass is 512 g/mol. The molecule has 3 amide bonds. The minimum Gasteiger partial charge on any atom is -0.464 e. The molecule has 0 bridgehead atoms. The zero-order chi connectivity index (χ0) is 26.8. The van der Waals surface area contributed by atoms with Gasteiger partial charge in [-0.25, -0.2) is 9.59 Å². The smallest absolute Gasteiger partial charge is 0.408 e. The van der Waals surface area contributed by atoms with Gasteiger partial charge in [-0.2, -0.15) is 0 Å². The predicted molar refractivity (Wildman–Crippen MR) is 133 cm³/mol. The van der Waals surface area contributed by atoms with Crippen LogP contribution in [0.3, 0.4) is 0 Å². The van der Waals surface area contributed by atoms with E-state index in [1.54, 1.807) is 30.0 Å². The van der Waals surface area contributed by atoms with Crippen molar-refractivity contribution in [2.75, 3.05) is 25.1 Å². The Balaban J connectivity index is 1.65. The number of hydrogen-bond acceptors (Lipinski definition) is 8. The standard InChI is InChI=1S/C26H32N4O7/c1-4-13-36-26(34)28-22(25(33)35-5-2)16-20-15-21(29-37-20)23-7-6-12-30(23)24(32)14-18-8-10-19(11-9-18)27-17(3)31/h4,8-11,15,22-23H,1,5-7,12-14,16H2,2-3H3,(H,27,31)(H,28,34). The van der Waals surface area contributed by atoms with E-state index < -0.39 is 18.1 Å². The zero-order valence-corrected chi connectivity index (χ0v) is 21.0. The molecule has 1 aliphatic rings. The molecule has 0 aliphatic carbocycles. The molecule has 11 heteroatoms. The van der Waals surface area contributed by atoms with E-state index in [4.69, 9.17) is 14.0 Å². The van der Waals surface area contributed by atoms with Crippen molar-refractivity contribution in [3.63, 3.8) is 0 Å². The number of likely N-dealkylation sites (tertiary alicyclic amines) is 1. The Kier molecular flexibility index (Phi) is 9.82. The number of carbonyl (C=O) groups excluding carboxylic acids is 4. The van der Waals surface area contributed by atoms with Gasteiger partial charge < -0.3 is 29.5 Å². The van der Waals surface area contributed by atoms with Gasteiger partial charge in [-0.05, 0) is 37.5 Å². The Morgan fingerprint density at radius 2 is 2.00 bits per heavy atom.